The van der Waals surface area contributed by atoms with Gasteiger partial charge in [0.1, 0.15) is 5.84 Å². The van der Waals surface area contributed by atoms with E-state index in [0.717, 1.165) is 11.8 Å². The van der Waals surface area contributed by atoms with Gasteiger partial charge in [0.15, 0.2) is 0 Å². The third-order valence-electron chi connectivity index (χ3n) is 5.51. The summed E-state index contributed by atoms with van der Waals surface area (Å²) in [5.41, 5.74) is 0.551. The first-order chi connectivity index (χ1) is 9.80. The number of aliphatic imine (C=N–C) groups is 1. The minimum atomic E-state index is 0.418. The van der Waals surface area contributed by atoms with E-state index in [1.165, 1.54) is 50.9 Å². The summed E-state index contributed by atoms with van der Waals surface area (Å²) >= 11 is 0. The highest BCUT2D eigenvalue weighted by Gasteiger charge is 2.37. The number of fused-ring (bicyclic) bond motifs is 1. The van der Waals surface area contributed by atoms with Crippen molar-refractivity contribution in [2.75, 3.05) is 6.54 Å². The number of hydrogen-bond donors (Lipinski definition) is 0. The summed E-state index contributed by atoms with van der Waals surface area (Å²) in [6.07, 6.45) is 8.27. The average Bonchev–Trinajstić information content (AvgIpc) is 2.35. The van der Waals surface area contributed by atoms with E-state index >= 15 is 0 Å². The third kappa shape index (κ3) is 4.23. The van der Waals surface area contributed by atoms with Gasteiger partial charge in [-0.15, -0.1) is 0 Å². The lowest BCUT2D eigenvalue weighted by molar-refractivity contribution is 0.156. The molecule has 0 aromatic carbocycles. The van der Waals surface area contributed by atoms with Crippen LogP contribution in [0.2, 0.25) is 0 Å². The van der Waals surface area contributed by atoms with Crippen LogP contribution in [0, 0.1) is 17.3 Å². The first kappa shape index (κ1) is 16.8. The highest BCUT2D eigenvalue weighted by Crippen LogP contribution is 2.41. The molecule has 2 unspecified atom stereocenters. The molecule has 122 valence electrons. The molecule has 2 rings (SSSR count). The largest absolute Gasteiger partial charge is 0.358 e. The van der Waals surface area contributed by atoms with Crippen molar-refractivity contribution in [1.29, 1.82) is 0 Å². The zero-order valence-corrected chi connectivity index (χ0v) is 15.2. The van der Waals surface area contributed by atoms with Gasteiger partial charge in [-0.2, -0.15) is 0 Å². The first-order valence-corrected chi connectivity index (χ1v) is 9.14. The Balaban J connectivity index is 2.21. The van der Waals surface area contributed by atoms with Crippen molar-refractivity contribution >= 4 is 5.84 Å². The summed E-state index contributed by atoms with van der Waals surface area (Å²) in [6.45, 7) is 15.2. The van der Waals surface area contributed by atoms with Gasteiger partial charge < -0.3 is 4.90 Å². The van der Waals surface area contributed by atoms with Gasteiger partial charge in [0.25, 0.3) is 0 Å². The fourth-order valence-corrected chi connectivity index (χ4v) is 4.21. The molecule has 0 radical (unpaired) electrons. The first-order valence-electron chi connectivity index (χ1n) is 9.14. The molecule has 2 nitrogen and oxygen atoms in total. The molecule has 21 heavy (non-hydrogen) atoms. The van der Waals surface area contributed by atoms with Crippen LogP contribution < -0.4 is 0 Å². The molecule has 1 aliphatic heterocycles. The van der Waals surface area contributed by atoms with Crippen LogP contribution in [0.4, 0.5) is 0 Å². The number of nitrogens with zero attached hydrogens (tertiary/aromatic N) is 2. The van der Waals surface area contributed by atoms with Crippen LogP contribution in [-0.4, -0.2) is 29.4 Å². The fourth-order valence-electron chi connectivity index (χ4n) is 4.21. The fraction of sp³-hybridized carbons (Fsp3) is 0.947. The number of hydrogen-bond acceptors (Lipinski definition) is 1. The van der Waals surface area contributed by atoms with E-state index in [-0.39, 0.29) is 0 Å². The molecule has 0 aromatic heterocycles. The molecule has 0 spiro atoms. The topological polar surface area (TPSA) is 15.6 Å². The summed E-state index contributed by atoms with van der Waals surface area (Å²) < 4.78 is 0. The molecule has 1 saturated heterocycles. The predicted molar refractivity (Wildman–Crippen MR) is 92.9 cm³/mol. The van der Waals surface area contributed by atoms with Gasteiger partial charge in [-0.1, -0.05) is 20.3 Å². The molecule has 2 aliphatic rings. The van der Waals surface area contributed by atoms with Crippen molar-refractivity contribution in [2.24, 2.45) is 22.2 Å². The van der Waals surface area contributed by atoms with Crippen LogP contribution in [-0.2, 0) is 0 Å². The lowest BCUT2D eigenvalue weighted by Crippen LogP contribution is -2.49. The second-order valence-corrected chi connectivity index (χ2v) is 8.62. The summed E-state index contributed by atoms with van der Waals surface area (Å²) in [4.78, 5) is 7.67. The summed E-state index contributed by atoms with van der Waals surface area (Å²) in [5.74, 6) is 3.03. The van der Waals surface area contributed by atoms with Crippen LogP contribution in [0.15, 0.2) is 4.99 Å². The molecule has 2 fully saturated rings. The van der Waals surface area contributed by atoms with Gasteiger partial charge in [0, 0.05) is 24.5 Å². The maximum absolute atomic E-state index is 5.07. The Hall–Kier alpha value is -0.530. The van der Waals surface area contributed by atoms with Crippen LogP contribution >= 0.6 is 0 Å². The van der Waals surface area contributed by atoms with E-state index < -0.39 is 0 Å². The maximum Gasteiger partial charge on any atom is 0.103 e. The lowest BCUT2D eigenvalue weighted by atomic mass is 9.70. The number of piperidine rings is 1. The van der Waals surface area contributed by atoms with Gasteiger partial charge >= 0.3 is 0 Å². The van der Waals surface area contributed by atoms with Crippen molar-refractivity contribution in [2.45, 2.75) is 92.2 Å². The molecule has 1 saturated carbocycles. The second-order valence-electron chi connectivity index (χ2n) is 8.62. The Morgan fingerprint density at radius 2 is 1.76 bits per heavy atom. The number of rotatable bonds is 2. The standard InChI is InChI=1S/C19H36N2/c1-14(2)20-18-17-8-7-11-19(5,6)12-9-16(17)10-13-21(18)15(3)4/h14-17H,7-13H2,1-6H3. The minimum Gasteiger partial charge on any atom is -0.358 e. The Kier molecular flexibility index (Phi) is 5.38. The number of likely N-dealkylation sites (tertiary alicyclic amines) is 1. The lowest BCUT2D eigenvalue weighted by Gasteiger charge is -2.45. The van der Waals surface area contributed by atoms with Gasteiger partial charge in [-0.05, 0) is 71.1 Å². The highest BCUT2D eigenvalue weighted by atomic mass is 15.2. The van der Waals surface area contributed by atoms with E-state index in [0.29, 0.717) is 17.5 Å². The summed E-state index contributed by atoms with van der Waals surface area (Å²) in [5, 5.41) is 0. The molecule has 0 aromatic rings. The Labute approximate surface area is 132 Å². The van der Waals surface area contributed by atoms with Crippen LogP contribution in [0.25, 0.3) is 0 Å². The predicted octanol–water partition coefficient (Wildman–Crippen LogP) is 5.13. The SMILES string of the molecule is CC(C)N=C1C2CCCC(C)(C)CCC2CCN1C(C)C. The molecule has 2 atom stereocenters. The smallest absolute Gasteiger partial charge is 0.103 e. The molecule has 0 bridgehead atoms. The second kappa shape index (κ2) is 6.71. The quantitative estimate of drug-likeness (QED) is 0.689. The molecule has 2 heteroatoms. The summed E-state index contributed by atoms with van der Waals surface area (Å²) in [6, 6.07) is 1.01. The van der Waals surface area contributed by atoms with Crippen molar-refractivity contribution in [3.63, 3.8) is 0 Å². The van der Waals surface area contributed by atoms with E-state index in [2.05, 4.69) is 46.4 Å². The van der Waals surface area contributed by atoms with Crippen molar-refractivity contribution in [1.82, 2.24) is 4.90 Å². The molecule has 1 aliphatic carbocycles. The molecular weight excluding hydrogens is 256 g/mol. The van der Waals surface area contributed by atoms with E-state index in [4.69, 9.17) is 4.99 Å². The van der Waals surface area contributed by atoms with Crippen LogP contribution in [0.3, 0.4) is 0 Å². The minimum absolute atomic E-state index is 0.418. The molecule has 0 amide bonds. The van der Waals surface area contributed by atoms with Gasteiger partial charge in [-0.3, -0.25) is 4.99 Å². The van der Waals surface area contributed by atoms with Gasteiger partial charge in [0.2, 0.25) is 0 Å². The summed E-state index contributed by atoms with van der Waals surface area (Å²) in [7, 11) is 0. The Morgan fingerprint density at radius 3 is 2.38 bits per heavy atom. The monoisotopic (exact) mass is 292 g/mol. The molecular formula is C19H36N2. The van der Waals surface area contributed by atoms with Crippen molar-refractivity contribution < 1.29 is 0 Å². The third-order valence-corrected chi connectivity index (χ3v) is 5.51. The number of amidine groups is 1. The zero-order valence-electron chi connectivity index (χ0n) is 15.2. The average molecular weight is 293 g/mol. The van der Waals surface area contributed by atoms with E-state index in [1.807, 2.05) is 0 Å². The Morgan fingerprint density at radius 1 is 1.05 bits per heavy atom. The normalized spacial score (nSPS) is 32.2. The van der Waals surface area contributed by atoms with E-state index in [9.17, 15) is 0 Å². The van der Waals surface area contributed by atoms with Gasteiger partial charge in [-0.25, -0.2) is 0 Å². The van der Waals surface area contributed by atoms with Crippen LogP contribution in [0.5, 0.6) is 0 Å². The van der Waals surface area contributed by atoms with E-state index in [1.54, 1.807) is 0 Å². The Bertz CT molecular complexity index is 368. The van der Waals surface area contributed by atoms with Crippen LogP contribution in [0.1, 0.15) is 80.1 Å². The van der Waals surface area contributed by atoms with Crippen molar-refractivity contribution in [3.8, 4) is 0 Å². The molecule has 0 N–H and O–H groups in total. The maximum atomic E-state index is 5.07. The van der Waals surface area contributed by atoms with Crippen molar-refractivity contribution in [3.05, 3.63) is 0 Å². The molecule has 1 heterocycles. The zero-order chi connectivity index (χ0) is 15.6. The highest BCUT2D eigenvalue weighted by molar-refractivity contribution is 5.86. The van der Waals surface area contributed by atoms with Gasteiger partial charge in [0.05, 0.1) is 0 Å².